The van der Waals surface area contributed by atoms with Crippen LogP contribution in [0.4, 0.5) is 11.6 Å². The van der Waals surface area contributed by atoms with Gasteiger partial charge in [0.15, 0.2) is 0 Å². The highest BCUT2D eigenvalue weighted by Gasteiger charge is 2.20. The summed E-state index contributed by atoms with van der Waals surface area (Å²) >= 11 is 0. The molecule has 0 N–H and O–H groups in total. The van der Waals surface area contributed by atoms with Gasteiger partial charge in [-0.3, -0.25) is 4.98 Å². The molecule has 1 saturated heterocycles. The van der Waals surface area contributed by atoms with Crippen LogP contribution in [0.1, 0.15) is 11.4 Å². The number of aromatic nitrogens is 4. The van der Waals surface area contributed by atoms with Gasteiger partial charge < -0.3 is 9.80 Å². The van der Waals surface area contributed by atoms with Gasteiger partial charge in [-0.25, -0.2) is 15.0 Å². The average Bonchev–Trinajstić information content (AvgIpc) is 2.85. The zero-order valence-corrected chi connectivity index (χ0v) is 18.4. The van der Waals surface area contributed by atoms with Crippen molar-refractivity contribution in [2.24, 2.45) is 0 Å². The molecule has 1 aliphatic heterocycles. The molecule has 0 unspecified atom stereocenters. The van der Waals surface area contributed by atoms with Gasteiger partial charge in [0.2, 0.25) is 0 Å². The Bertz CT molecular complexity index is 1200. The van der Waals surface area contributed by atoms with Crippen LogP contribution < -0.4 is 9.80 Å². The molecule has 0 bridgehead atoms. The van der Waals surface area contributed by atoms with E-state index in [1.165, 1.54) is 5.56 Å². The van der Waals surface area contributed by atoms with Crippen LogP contribution in [-0.4, -0.2) is 46.1 Å². The van der Waals surface area contributed by atoms with Gasteiger partial charge in [-0.05, 0) is 37.6 Å². The quantitative estimate of drug-likeness (QED) is 0.481. The molecule has 0 aliphatic carbocycles. The van der Waals surface area contributed by atoms with Gasteiger partial charge in [0.1, 0.15) is 17.5 Å². The zero-order valence-electron chi connectivity index (χ0n) is 18.4. The number of hydrogen-bond acceptors (Lipinski definition) is 6. The van der Waals surface area contributed by atoms with Gasteiger partial charge >= 0.3 is 0 Å². The standard InChI is InChI=1S/C26H26N6/c1-19-6-8-21(9-7-19)22-15-23(18-27-17-22)24-16-26(30-20(2)29-24)32-13-11-31(12-14-32)25-5-3-4-10-28-25/h3-10,15-18H,11-14H2,1-2H3. The number of rotatable bonds is 4. The van der Waals surface area contributed by atoms with Crippen molar-refractivity contribution in [3.63, 3.8) is 0 Å². The molecule has 0 spiro atoms. The molecule has 0 radical (unpaired) electrons. The van der Waals surface area contributed by atoms with E-state index < -0.39 is 0 Å². The highest BCUT2D eigenvalue weighted by Crippen LogP contribution is 2.27. The van der Waals surface area contributed by atoms with Crippen molar-refractivity contribution in [1.82, 2.24) is 19.9 Å². The summed E-state index contributed by atoms with van der Waals surface area (Å²) in [6, 6.07) is 18.8. The number of pyridine rings is 2. The maximum atomic E-state index is 4.73. The Morgan fingerprint density at radius 3 is 2.12 bits per heavy atom. The van der Waals surface area contributed by atoms with Gasteiger partial charge in [0.05, 0.1) is 5.69 Å². The van der Waals surface area contributed by atoms with Crippen LogP contribution >= 0.6 is 0 Å². The lowest BCUT2D eigenvalue weighted by atomic mass is 10.0. The van der Waals surface area contributed by atoms with Crippen molar-refractivity contribution < 1.29 is 0 Å². The lowest BCUT2D eigenvalue weighted by Gasteiger charge is -2.36. The first-order chi connectivity index (χ1) is 15.7. The van der Waals surface area contributed by atoms with Crippen LogP contribution in [0.3, 0.4) is 0 Å². The summed E-state index contributed by atoms with van der Waals surface area (Å²) in [6.45, 7) is 7.68. The minimum absolute atomic E-state index is 0.769. The number of hydrogen-bond donors (Lipinski definition) is 0. The topological polar surface area (TPSA) is 58.0 Å². The van der Waals surface area contributed by atoms with E-state index in [1.807, 2.05) is 37.6 Å². The smallest absolute Gasteiger partial charge is 0.132 e. The molecule has 1 aliphatic rings. The Morgan fingerprint density at radius 2 is 1.41 bits per heavy atom. The number of benzene rings is 1. The van der Waals surface area contributed by atoms with E-state index in [0.717, 1.165) is 66.0 Å². The van der Waals surface area contributed by atoms with E-state index in [4.69, 9.17) is 9.97 Å². The molecule has 6 heteroatoms. The third-order valence-electron chi connectivity index (χ3n) is 5.82. The number of anilines is 2. The Balaban J connectivity index is 1.38. The van der Waals surface area contributed by atoms with E-state index in [0.29, 0.717) is 0 Å². The van der Waals surface area contributed by atoms with Gasteiger partial charge in [-0.2, -0.15) is 0 Å². The van der Waals surface area contributed by atoms with E-state index in [1.54, 1.807) is 0 Å². The summed E-state index contributed by atoms with van der Waals surface area (Å²) in [6.07, 6.45) is 5.63. The maximum Gasteiger partial charge on any atom is 0.132 e. The summed E-state index contributed by atoms with van der Waals surface area (Å²) in [5.74, 6) is 2.77. The molecule has 4 heterocycles. The highest BCUT2D eigenvalue weighted by molar-refractivity contribution is 5.71. The van der Waals surface area contributed by atoms with Crippen LogP contribution in [0.2, 0.25) is 0 Å². The van der Waals surface area contributed by atoms with Gasteiger partial charge in [0.25, 0.3) is 0 Å². The molecule has 1 fully saturated rings. The molecule has 1 aromatic carbocycles. The first-order valence-electron chi connectivity index (χ1n) is 10.9. The number of piperazine rings is 1. The molecule has 0 atom stereocenters. The summed E-state index contributed by atoms with van der Waals surface area (Å²) in [7, 11) is 0. The molecular formula is C26H26N6. The van der Waals surface area contributed by atoms with Crippen molar-refractivity contribution in [2.75, 3.05) is 36.0 Å². The number of aryl methyl sites for hydroxylation is 2. The molecule has 3 aromatic heterocycles. The lowest BCUT2D eigenvalue weighted by molar-refractivity contribution is 0.640. The van der Waals surface area contributed by atoms with Gasteiger partial charge in [-0.15, -0.1) is 0 Å². The lowest BCUT2D eigenvalue weighted by Crippen LogP contribution is -2.47. The molecule has 160 valence electrons. The van der Waals surface area contributed by atoms with Crippen LogP contribution in [0, 0.1) is 13.8 Å². The molecule has 5 rings (SSSR count). The first kappa shape index (κ1) is 20.1. The summed E-state index contributed by atoms with van der Waals surface area (Å²) < 4.78 is 0. The Hall–Kier alpha value is -3.80. The van der Waals surface area contributed by atoms with E-state index in [2.05, 4.69) is 69.2 Å². The minimum Gasteiger partial charge on any atom is -0.353 e. The second-order valence-corrected chi connectivity index (χ2v) is 8.15. The summed E-state index contributed by atoms with van der Waals surface area (Å²) in [4.78, 5) is 23.1. The molecule has 0 saturated carbocycles. The van der Waals surface area contributed by atoms with Crippen molar-refractivity contribution >= 4 is 11.6 Å². The van der Waals surface area contributed by atoms with Crippen molar-refractivity contribution in [3.05, 3.63) is 84.6 Å². The number of nitrogens with zero attached hydrogens (tertiary/aromatic N) is 6. The molecule has 0 amide bonds. The van der Waals surface area contributed by atoms with Crippen LogP contribution in [0.5, 0.6) is 0 Å². The molecular weight excluding hydrogens is 396 g/mol. The first-order valence-corrected chi connectivity index (χ1v) is 10.9. The highest BCUT2D eigenvalue weighted by atomic mass is 15.3. The van der Waals surface area contributed by atoms with Gasteiger partial charge in [0, 0.05) is 62.0 Å². The van der Waals surface area contributed by atoms with E-state index >= 15 is 0 Å². The van der Waals surface area contributed by atoms with Crippen molar-refractivity contribution in [2.45, 2.75) is 13.8 Å². The Labute approximate surface area is 188 Å². The fraction of sp³-hybridized carbons (Fsp3) is 0.231. The minimum atomic E-state index is 0.769. The Morgan fingerprint density at radius 1 is 0.688 bits per heavy atom. The molecule has 6 nitrogen and oxygen atoms in total. The second-order valence-electron chi connectivity index (χ2n) is 8.15. The Kier molecular flexibility index (Phi) is 5.50. The normalized spacial score (nSPS) is 13.9. The van der Waals surface area contributed by atoms with Crippen LogP contribution in [0.15, 0.2) is 73.2 Å². The fourth-order valence-corrected chi connectivity index (χ4v) is 4.05. The van der Waals surface area contributed by atoms with Crippen LogP contribution in [0.25, 0.3) is 22.4 Å². The molecule has 32 heavy (non-hydrogen) atoms. The predicted octanol–water partition coefficient (Wildman–Crippen LogP) is 4.54. The van der Waals surface area contributed by atoms with Crippen LogP contribution in [-0.2, 0) is 0 Å². The third-order valence-corrected chi connectivity index (χ3v) is 5.82. The summed E-state index contributed by atoms with van der Waals surface area (Å²) in [5, 5.41) is 0. The van der Waals surface area contributed by atoms with E-state index in [-0.39, 0.29) is 0 Å². The SMILES string of the molecule is Cc1ccc(-c2cncc(-c3cc(N4CCN(c5ccccn5)CC4)nc(C)n3)c2)cc1. The molecule has 4 aromatic rings. The summed E-state index contributed by atoms with van der Waals surface area (Å²) in [5.41, 5.74) is 5.39. The monoisotopic (exact) mass is 422 g/mol. The second kappa shape index (κ2) is 8.75. The largest absolute Gasteiger partial charge is 0.353 e. The van der Waals surface area contributed by atoms with Gasteiger partial charge in [-0.1, -0.05) is 35.9 Å². The average molecular weight is 423 g/mol. The van der Waals surface area contributed by atoms with E-state index in [9.17, 15) is 0 Å². The maximum absolute atomic E-state index is 4.73. The zero-order chi connectivity index (χ0) is 21.9. The fourth-order valence-electron chi connectivity index (χ4n) is 4.05. The van der Waals surface area contributed by atoms with Crippen molar-refractivity contribution in [1.29, 1.82) is 0 Å². The van der Waals surface area contributed by atoms with Crippen molar-refractivity contribution in [3.8, 4) is 22.4 Å². The third kappa shape index (κ3) is 4.30. The predicted molar refractivity (Wildman–Crippen MR) is 129 cm³/mol.